The summed E-state index contributed by atoms with van der Waals surface area (Å²) in [6, 6.07) is 6.15. The SMILES string of the molecule is Cc1cc([C@H](C(=O)N2C[C@H](O)[C@H](F)[C@H]2C(=O)NCc2ccc(-c3scnc3C)cc2C)C(C)C)on1. The molecule has 4 atom stereocenters. The van der Waals surface area contributed by atoms with Crippen molar-refractivity contribution in [1.29, 1.82) is 0 Å². The number of carbonyl (C=O) groups is 2. The Bertz CT molecular complexity index is 1260. The van der Waals surface area contributed by atoms with Gasteiger partial charge in [0.25, 0.3) is 0 Å². The van der Waals surface area contributed by atoms with E-state index in [-0.39, 0.29) is 19.0 Å². The highest BCUT2D eigenvalue weighted by molar-refractivity contribution is 7.13. The molecule has 0 saturated carbocycles. The average molecular weight is 515 g/mol. The van der Waals surface area contributed by atoms with E-state index in [1.54, 1.807) is 29.8 Å². The van der Waals surface area contributed by atoms with Gasteiger partial charge in [0.2, 0.25) is 11.8 Å². The average Bonchev–Trinajstić information content (AvgIpc) is 3.52. The number of nitrogens with zero attached hydrogens (tertiary/aromatic N) is 3. The van der Waals surface area contributed by atoms with Crippen molar-refractivity contribution in [2.75, 3.05) is 6.54 Å². The molecule has 0 bridgehead atoms. The predicted octanol–water partition coefficient (Wildman–Crippen LogP) is 3.69. The fourth-order valence-electron chi connectivity index (χ4n) is 4.66. The number of nitrogens with one attached hydrogen (secondary N) is 1. The van der Waals surface area contributed by atoms with Crippen molar-refractivity contribution in [3.05, 3.63) is 58.1 Å². The van der Waals surface area contributed by atoms with Crippen LogP contribution in [-0.4, -0.2) is 56.8 Å². The molecular weight excluding hydrogens is 483 g/mol. The van der Waals surface area contributed by atoms with Crippen molar-refractivity contribution in [1.82, 2.24) is 20.4 Å². The molecule has 2 N–H and O–H groups in total. The van der Waals surface area contributed by atoms with E-state index in [4.69, 9.17) is 4.52 Å². The largest absolute Gasteiger partial charge is 0.388 e. The molecule has 1 aliphatic heterocycles. The van der Waals surface area contributed by atoms with Crippen molar-refractivity contribution < 1.29 is 23.6 Å². The third kappa shape index (κ3) is 5.05. The number of halogens is 1. The smallest absolute Gasteiger partial charge is 0.246 e. The number of aliphatic hydroxyl groups excluding tert-OH is 1. The lowest BCUT2D eigenvalue weighted by atomic mass is 9.91. The molecule has 8 nitrogen and oxygen atoms in total. The third-order valence-electron chi connectivity index (χ3n) is 6.63. The number of aryl methyl sites for hydroxylation is 3. The summed E-state index contributed by atoms with van der Waals surface area (Å²) in [7, 11) is 0. The summed E-state index contributed by atoms with van der Waals surface area (Å²) < 4.78 is 20.3. The van der Waals surface area contributed by atoms with E-state index in [9.17, 15) is 14.7 Å². The number of amides is 2. The number of β-amino-alcohol motifs (C(OH)–C–C–N with tert-alkyl or cyclic N) is 1. The van der Waals surface area contributed by atoms with Crippen LogP contribution in [0, 0.1) is 26.7 Å². The van der Waals surface area contributed by atoms with Gasteiger partial charge in [-0.05, 0) is 43.4 Å². The molecule has 2 aromatic heterocycles. The molecule has 192 valence electrons. The molecule has 0 radical (unpaired) electrons. The summed E-state index contributed by atoms with van der Waals surface area (Å²) in [6.07, 6.45) is -3.34. The normalized spacial score (nSPS) is 20.7. The predicted molar refractivity (Wildman–Crippen MR) is 134 cm³/mol. The van der Waals surface area contributed by atoms with Crippen LogP contribution >= 0.6 is 11.3 Å². The molecule has 4 rings (SSSR count). The van der Waals surface area contributed by atoms with Gasteiger partial charge in [-0.25, -0.2) is 9.37 Å². The molecule has 1 aliphatic rings. The molecule has 1 saturated heterocycles. The second-order valence-electron chi connectivity index (χ2n) is 9.67. The zero-order chi connectivity index (χ0) is 26.1. The van der Waals surface area contributed by atoms with Crippen LogP contribution in [-0.2, 0) is 16.1 Å². The summed E-state index contributed by atoms with van der Waals surface area (Å²) in [5, 5.41) is 16.8. The van der Waals surface area contributed by atoms with Gasteiger partial charge in [-0.3, -0.25) is 9.59 Å². The van der Waals surface area contributed by atoms with Gasteiger partial charge in [0.05, 0.1) is 28.3 Å². The first kappa shape index (κ1) is 26.0. The zero-order valence-electron chi connectivity index (χ0n) is 21.0. The minimum atomic E-state index is -1.89. The lowest BCUT2D eigenvalue weighted by molar-refractivity contribution is -0.142. The van der Waals surface area contributed by atoms with Crippen LogP contribution in [0.5, 0.6) is 0 Å². The van der Waals surface area contributed by atoms with Crippen molar-refractivity contribution in [2.45, 2.75) is 65.4 Å². The van der Waals surface area contributed by atoms with E-state index in [1.165, 1.54) is 0 Å². The Labute approximate surface area is 213 Å². The first-order chi connectivity index (χ1) is 17.1. The van der Waals surface area contributed by atoms with Crippen molar-refractivity contribution in [3.8, 4) is 10.4 Å². The number of rotatable bonds is 7. The van der Waals surface area contributed by atoms with E-state index in [0.717, 1.165) is 32.2 Å². The number of likely N-dealkylation sites (tertiary alicyclic amines) is 1. The molecule has 36 heavy (non-hydrogen) atoms. The maximum absolute atomic E-state index is 15.0. The summed E-state index contributed by atoms with van der Waals surface area (Å²) in [4.78, 5) is 33.1. The molecule has 2 amide bonds. The fraction of sp³-hybridized carbons (Fsp3) is 0.462. The minimum absolute atomic E-state index is 0.170. The Morgan fingerprint density at radius 2 is 2.03 bits per heavy atom. The fourth-order valence-corrected chi connectivity index (χ4v) is 5.46. The highest BCUT2D eigenvalue weighted by atomic mass is 32.1. The molecule has 1 aromatic carbocycles. The van der Waals surface area contributed by atoms with E-state index in [0.29, 0.717) is 11.5 Å². The first-order valence-corrected chi connectivity index (χ1v) is 12.8. The first-order valence-electron chi connectivity index (χ1n) is 11.9. The van der Waals surface area contributed by atoms with Crippen molar-refractivity contribution >= 4 is 23.2 Å². The molecule has 3 heterocycles. The molecule has 10 heteroatoms. The number of thiazole rings is 1. The number of carbonyl (C=O) groups excluding carboxylic acids is 2. The van der Waals surface area contributed by atoms with Crippen LogP contribution in [0.15, 0.2) is 34.3 Å². The van der Waals surface area contributed by atoms with Crippen LogP contribution in [0.1, 0.15) is 48.0 Å². The van der Waals surface area contributed by atoms with Gasteiger partial charge in [0.15, 0.2) is 6.17 Å². The van der Waals surface area contributed by atoms with Gasteiger partial charge in [0.1, 0.15) is 23.8 Å². The lowest BCUT2D eigenvalue weighted by Crippen LogP contribution is -2.50. The topological polar surface area (TPSA) is 109 Å². The quantitative estimate of drug-likeness (QED) is 0.498. The number of alkyl halides is 1. The molecule has 0 unspecified atom stereocenters. The standard InChI is InChI=1S/C26H31FN4O4S/c1-13(2)21(20-9-15(4)30-35-20)26(34)31-11-19(32)22(27)23(31)25(33)28-10-18-7-6-17(8-14(18)3)24-16(5)29-12-36-24/h6-9,12-13,19,21-23,32H,10-11H2,1-5H3,(H,28,33)/t19-,21+,22-,23-/m0/s1. The number of hydrogen-bond donors (Lipinski definition) is 2. The summed E-state index contributed by atoms with van der Waals surface area (Å²) in [6.45, 7) is 9.24. The van der Waals surface area contributed by atoms with Gasteiger partial charge in [-0.1, -0.05) is 37.2 Å². The van der Waals surface area contributed by atoms with E-state index in [2.05, 4.69) is 15.5 Å². The van der Waals surface area contributed by atoms with Crippen LogP contribution in [0.3, 0.4) is 0 Å². The van der Waals surface area contributed by atoms with Gasteiger partial charge in [0, 0.05) is 12.6 Å². The highest BCUT2D eigenvalue weighted by Gasteiger charge is 2.50. The number of hydrogen-bond acceptors (Lipinski definition) is 7. The van der Waals surface area contributed by atoms with Crippen molar-refractivity contribution in [2.24, 2.45) is 5.92 Å². The van der Waals surface area contributed by atoms with Gasteiger partial charge in [-0.2, -0.15) is 0 Å². The Kier molecular flexibility index (Phi) is 7.56. The maximum Gasteiger partial charge on any atom is 0.246 e. The highest BCUT2D eigenvalue weighted by Crippen LogP contribution is 2.32. The Morgan fingerprint density at radius 1 is 1.28 bits per heavy atom. The number of aliphatic hydroxyl groups is 1. The monoisotopic (exact) mass is 514 g/mol. The summed E-state index contributed by atoms with van der Waals surface area (Å²) >= 11 is 1.57. The number of aromatic nitrogens is 2. The van der Waals surface area contributed by atoms with E-state index in [1.807, 2.05) is 45.9 Å². The van der Waals surface area contributed by atoms with Crippen molar-refractivity contribution in [3.63, 3.8) is 0 Å². The molecule has 3 aromatic rings. The molecule has 0 spiro atoms. The summed E-state index contributed by atoms with van der Waals surface area (Å²) in [5.74, 6) is -1.70. The number of benzene rings is 1. The Balaban J connectivity index is 1.50. The Morgan fingerprint density at radius 3 is 2.61 bits per heavy atom. The third-order valence-corrected chi connectivity index (χ3v) is 7.61. The van der Waals surface area contributed by atoms with Crippen LogP contribution in [0.4, 0.5) is 4.39 Å². The van der Waals surface area contributed by atoms with Gasteiger partial charge >= 0.3 is 0 Å². The second-order valence-corrected chi connectivity index (χ2v) is 10.5. The second kappa shape index (κ2) is 10.5. The van der Waals surface area contributed by atoms with Gasteiger partial charge in [-0.15, -0.1) is 11.3 Å². The minimum Gasteiger partial charge on any atom is -0.388 e. The summed E-state index contributed by atoms with van der Waals surface area (Å²) in [5.41, 5.74) is 6.27. The molecular formula is C26H31FN4O4S. The van der Waals surface area contributed by atoms with E-state index < -0.39 is 36.0 Å². The molecule has 0 aliphatic carbocycles. The molecule has 1 fully saturated rings. The van der Waals surface area contributed by atoms with Crippen LogP contribution < -0.4 is 5.32 Å². The Hall–Kier alpha value is -3.11. The zero-order valence-corrected chi connectivity index (χ0v) is 21.8. The maximum atomic E-state index is 15.0. The van der Waals surface area contributed by atoms with Crippen LogP contribution in [0.25, 0.3) is 10.4 Å². The van der Waals surface area contributed by atoms with Crippen LogP contribution in [0.2, 0.25) is 0 Å². The van der Waals surface area contributed by atoms with Gasteiger partial charge < -0.3 is 19.8 Å². The lowest BCUT2D eigenvalue weighted by Gasteiger charge is -2.29. The van der Waals surface area contributed by atoms with E-state index >= 15 is 4.39 Å².